The monoisotopic (exact) mass is 360 g/mol. The molecule has 0 fully saturated rings. The highest BCUT2D eigenvalue weighted by molar-refractivity contribution is 5.89. The largest absolute Gasteiger partial charge is 0.461 e. The van der Waals surface area contributed by atoms with Crippen molar-refractivity contribution in [3.05, 3.63) is 65.9 Å². The van der Waals surface area contributed by atoms with Gasteiger partial charge < -0.3 is 9.64 Å². The Morgan fingerprint density at radius 1 is 1.15 bits per heavy atom. The predicted octanol–water partition coefficient (Wildman–Crippen LogP) is 3.65. The van der Waals surface area contributed by atoms with Crippen molar-refractivity contribution in [3.8, 4) is 23.0 Å². The molecule has 3 aromatic rings. The minimum atomic E-state index is -0.462. The Hall–Kier alpha value is -3.59. The highest BCUT2D eigenvalue weighted by atomic mass is 16.5. The molecule has 0 aliphatic carbocycles. The van der Waals surface area contributed by atoms with Crippen molar-refractivity contribution in [2.24, 2.45) is 0 Å². The molecule has 0 N–H and O–H groups in total. The number of nitrogens with zero attached hydrogens (tertiary/aromatic N) is 4. The molecule has 0 unspecified atom stereocenters. The zero-order valence-electron chi connectivity index (χ0n) is 15.5. The van der Waals surface area contributed by atoms with E-state index in [1.807, 2.05) is 55.4 Å². The third kappa shape index (κ3) is 3.82. The molecule has 0 amide bonds. The lowest BCUT2D eigenvalue weighted by molar-refractivity contribution is 0.0519. The van der Waals surface area contributed by atoms with Gasteiger partial charge in [-0.05, 0) is 49.4 Å². The van der Waals surface area contributed by atoms with Gasteiger partial charge in [0.25, 0.3) is 0 Å². The van der Waals surface area contributed by atoms with Crippen LogP contribution >= 0.6 is 0 Å². The fraction of sp³-hybridized carbons (Fsp3) is 0.190. The first-order valence-electron chi connectivity index (χ1n) is 8.59. The van der Waals surface area contributed by atoms with Crippen LogP contribution in [-0.4, -0.2) is 36.5 Å². The molecule has 1 heterocycles. The first-order chi connectivity index (χ1) is 13.0. The average molecular weight is 360 g/mol. The van der Waals surface area contributed by atoms with Crippen LogP contribution in [0.3, 0.4) is 0 Å². The van der Waals surface area contributed by atoms with E-state index >= 15 is 0 Å². The number of benzene rings is 2. The Morgan fingerprint density at radius 2 is 1.81 bits per heavy atom. The number of anilines is 1. The Labute approximate surface area is 158 Å². The number of hydrogen-bond donors (Lipinski definition) is 0. The van der Waals surface area contributed by atoms with Gasteiger partial charge in [-0.15, -0.1) is 0 Å². The number of esters is 1. The molecule has 136 valence electrons. The van der Waals surface area contributed by atoms with Crippen LogP contribution in [0.4, 0.5) is 5.69 Å². The van der Waals surface area contributed by atoms with Crippen LogP contribution in [0.15, 0.2) is 54.6 Å². The van der Waals surface area contributed by atoms with Crippen LogP contribution in [-0.2, 0) is 4.74 Å². The molecule has 0 saturated carbocycles. The molecule has 0 aliphatic rings. The van der Waals surface area contributed by atoms with E-state index in [0.29, 0.717) is 5.56 Å². The number of carbonyl (C=O) groups is 1. The van der Waals surface area contributed by atoms with Crippen molar-refractivity contribution in [2.45, 2.75) is 6.92 Å². The summed E-state index contributed by atoms with van der Waals surface area (Å²) in [5.74, 6) is -0.462. The summed E-state index contributed by atoms with van der Waals surface area (Å²) in [4.78, 5) is 14.2. The van der Waals surface area contributed by atoms with Gasteiger partial charge in [0.1, 0.15) is 0 Å². The van der Waals surface area contributed by atoms with Crippen molar-refractivity contribution < 1.29 is 9.53 Å². The lowest BCUT2D eigenvalue weighted by Gasteiger charge is -2.13. The maximum Gasteiger partial charge on any atom is 0.358 e. The molecular formula is C21H20N4O2. The Morgan fingerprint density at radius 3 is 2.37 bits per heavy atom. The zero-order chi connectivity index (χ0) is 19.4. The molecule has 0 atom stereocenters. The lowest BCUT2D eigenvalue weighted by atomic mass is 10.1. The van der Waals surface area contributed by atoms with E-state index in [0.717, 1.165) is 22.6 Å². The number of rotatable bonds is 5. The molecule has 3 rings (SSSR count). The van der Waals surface area contributed by atoms with Gasteiger partial charge in [-0.3, -0.25) is 0 Å². The minimum absolute atomic E-state index is 0.243. The first kappa shape index (κ1) is 18.2. The maximum absolute atomic E-state index is 12.2. The summed E-state index contributed by atoms with van der Waals surface area (Å²) < 4.78 is 6.81. The summed E-state index contributed by atoms with van der Waals surface area (Å²) in [5, 5.41) is 13.5. The van der Waals surface area contributed by atoms with Crippen LogP contribution in [0.1, 0.15) is 23.0 Å². The van der Waals surface area contributed by atoms with E-state index < -0.39 is 5.97 Å². The van der Waals surface area contributed by atoms with Gasteiger partial charge in [0.15, 0.2) is 5.69 Å². The number of hydrogen-bond acceptors (Lipinski definition) is 5. The number of aromatic nitrogens is 2. The summed E-state index contributed by atoms with van der Waals surface area (Å²) in [6.07, 6.45) is 0. The van der Waals surface area contributed by atoms with Gasteiger partial charge in [0.2, 0.25) is 0 Å². The maximum atomic E-state index is 12.2. The number of carbonyl (C=O) groups excluding carboxylic acids is 1. The highest BCUT2D eigenvalue weighted by Gasteiger charge is 2.17. The topological polar surface area (TPSA) is 71.2 Å². The molecule has 1 aromatic heterocycles. The third-order valence-electron chi connectivity index (χ3n) is 4.11. The van der Waals surface area contributed by atoms with Gasteiger partial charge in [-0.1, -0.05) is 12.1 Å². The second-order valence-corrected chi connectivity index (χ2v) is 6.15. The second kappa shape index (κ2) is 7.75. The fourth-order valence-electron chi connectivity index (χ4n) is 2.70. The van der Waals surface area contributed by atoms with Crippen molar-refractivity contribution in [2.75, 3.05) is 25.6 Å². The average Bonchev–Trinajstić information content (AvgIpc) is 3.14. The summed E-state index contributed by atoms with van der Waals surface area (Å²) in [5.41, 5.74) is 4.32. The van der Waals surface area contributed by atoms with E-state index in [1.165, 1.54) is 0 Å². The Kier molecular flexibility index (Phi) is 5.23. The molecule has 0 spiro atoms. The molecule has 6 nitrogen and oxygen atoms in total. The van der Waals surface area contributed by atoms with Crippen LogP contribution < -0.4 is 4.90 Å². The van der Waals surface area contributed by atoms with E-state index in [4.69, 9.17) is 10.00 Å². The van der Waals surface area contributed by atoms with Gasteiger partial charge >= 0.3 is 5.97 Å². The van der Waals surface area contributed by atoms with E-state index in [9.17, 15) is 4.79 Å². The quantitative estimate of drug-likeness (QED) is 0.650. The first-order valence-corrected chi connectivity index (χ1v) is 8.59. The molecule has 0 bridgehead atoms. The van der Waals surface area contributed by atoms with Gasteiger partial charge in [-0.2, -0.15) is 10.4 Å². The zero-order valence-corrected chi connectivity index (χ0v) is 15.5. The van der Waals surface area contributed by atoms with Gasteiger partial charge in [0, 0.05) is 25.3 Å². The smallest absolute Gasteiger partial charge is 0.358 e. The molecule has 2 aromatic carbocycles. The summed E-state index contributed by atoms with van der Waals surface area (Å²) in [6.45, 7) is 2.05. The van der Waals surface area contributed by atoms with Crippen LogP contribution in [0, 0.1) is 11.3 Å². The molecular weight excluding hydrogens is 340 g/mol. The molecule has 27 heavy (non-hydrogen) atoms. The third-order valence-corrected chi connectivity index (χ3v) is 4.11. The SMILES string of the molecule is CCOC(=O)c1cc(-c2ccc(C#N)cc2)n(-c2ccc(N(C)C)cc2)n1. The molecule has 0 saturated heterocycles. The van der Waals surface area contributed by atoms with E-state index in [1.54, 1.807) is 29.8 Å². The number of ether oxygens (including phenoxy) is 1. The number of nitriles is 1. The van der Waals surface area contributed by atoms with Crippen LogP contribution in [0.5, 0.6) is 0 Å². The fourth-order valence-corrected chi connectivity index (χ4v) is 2.70. The standard InChI is InChI=1S/C21H20N4O2/c1-4-27-21(26)19-13-20(16-7-5-15(14-22)6-8-16)25(23-19)18-11-9-17(10-12-18)24(2)3/h5-13H,4H2,1-3H3. The molecule has 0 radical (unpaired) electrons. The second-order valence-electron chi connectivity index (χ2n) is 6.15. The summed E-state index contributed by atoms with van der Waals surface area (Å²) >= 11 is 0. The summed E-state index contributed by atoms with van der Waals surface area (Å²) in [7, 11) is 3.95. The van der Waals surface area contributed by atoms with Crippen molar-refractivity contribution in [3.63, 3.8) is 0 Å². The van der Waals surface area contributed by atoms with Crippen molar-refractivity contribution >= 4 is 11.7 Å². The normalized spacial score (nSPS) is 10.3. The van der Waals surface area contributed by atoms with Gasteiger partial charge in [-0.25, -0.2) is 9.48 Å². The Bertz CT molecular complexity index is 981. The molecule has 0 aliphatic heterocycles. The highest BCUT2D eigenvalue weighted by Crippen LogP contribution is 2.26. The minimum Gasteiger partial charge on any atom is -0.461 e. The van der Waals surface area contributed by atoms with Crippen molar-refractivity contribution in [1.29, 1.82) is 5.26 Å². The van der Waals surface area contributed by atoms with E-state index in [-0.39, 0.29) is 12.3 Å². The van der Waals surface area contributed by atoms with Gasteiger partial charge in [0.05, 0.1) is 29.6 Å². The van der Waals surface area contributed by atoms with E-state index in [2.05, 4.69) is 11.2 Å². The van der Waals surface area contributed by atoms with Crippen LogP contribution in [0.25, 0.3) is 16.9 Å². The molecule has 6 heteroatoms. The van der Waals surface area contributed by atoms with Crippen LogP contribution in [0.2, 0.25) is 0 Å². The Balaban J connectivity index is 2.09. The lowest BCUT2D eigenvalue weighted by Crippen LogP contribution is -2.09. The van der Waals surface area contributed by atoms with Crippen molar-refractivity contribution in [1.82, 2.24) is 9.78 Å². The summed E-state index contributed by atoms with van der Waals surface area (Å²) in [6, 6.07) is 18.9. The predicted molar refractivity (Wildman–Crippen MR) is 104 cm³/mol.